The number of halogens is 2. The second-order valence-corrected chi connectivity index (χ2v) is 7.39. The van der Waals surface area contributed by atoms with Crippen LogP contribution in [-0.4, -0.2) is 41.2 Å². The smallest absolute Gasteiger partial charge is 0.256 e. The summed E-state index contributed by atoms with van der Waals surface area (Å²) in [6, 6.07) is 8.47. The van der Waals surface area contributed by atoms with Crippen LogP contribution in [0.5, 0.6) is 0 Å². The van der Waals surface area contributed by atoms with Gasteiger partial charge in [-0.1, -0.05) is 6.07 Å². The molecule has 1 aliphatic heterocycles. The molecule has 0 unspecified atom stereocenters. The number of thioether (sulfide) groups is 1. The highest BCUT2D eigenvalue weighted by molar-refractivity contribution is 7.99. The molecule has 1 fully saturated rings. The Labute approximate surface area is 149 Å². The van der Waals surface area contributed by atoms with Gasteiger partial charge in [-0.05, 0) is 63.3 Å². The Bertz CT molecular complexity index is 764. The van der Waals surface area contributed by atoms with Gasteiger partial charge in [0.25, 0.3) is 5.91 Å². The third-order valence-corrected chi connectivity index (χ3v) is 5.37. The molecule has 0 atom stereocenters. The van der Waals surface area contributed by atoms with E-state index < -0.39 is 17.5 Å². The predicted octanol–water partition coefficient (Wildman–Crippen LogP) is 3.80. The summed E-state index contributed by atoms with van der Waals surface area (Å²) >= 11 is 1.71. The molecule has 1 aromatic carbocycles. The summed E-state index contributed by atoms with van der Waals surface area (Å²) in [6.07, 6.45) is 2.21. The Morgan fingerprint density at radius 2 is 1.96 bits per heavy atom. The molecule has 1 N–H and O–H groups in total. The molecule has 0 spiro atoms. The number of anilines is 1. The van der Waals surface area contributed by atoms with Gasteiger partial charge in [-0.2, -0.15) is 0 Å². The Hall–Kier alpha value is -1.99. The number of benzene rings is 1. The number of hydrogen-bond acceptors (Lipinski definition) is 4. The van der Waals surface area contributed by atoms with Crippen molar-refractivity contribution in [1.82, 2.24) is 9.88 Å². The van der Waals surface area contributed by atoms with E-state index in [9.17, 15) is 13.6 Å². The minimum atomic E-state index is -1.05. The number of pyridine rings is 1. The van der Waals surface area contributed by atoms with Gasteiger partial charge < -0.3 is 10.2 Å². The number of hydrogen-bond donors (Lipinski definition) is 1. The Morgan fingerprint density at radius 3 is 2.68 bits per heavy atom. The second-order valence-electron chi connectivity index (χ2n) is 6.06. The number of aromatic nitrogens is 1. The number of carbonyl (C=O) groups is 1. The minimum Gasteiger partial charge on any atom is -0.307 e. The summed E-state index contributed by atoms with van der Waals surface area (Å²) in [5, 5.41) is 3.99. The highest BCUT2D eigenvalue weighted by Gasteiger charge is 2.18. The molecule has 1 aliphatic rings. The summed E-state index contributed by atoms with van der Waals surface area (Å²) in [6.45, 7) is 2.15. The Morgan fingerprint density at radius 1 is 1.20 bits per heavy atom. The van der Waals surface area contributed by atoms with Crippen LogP contribution < -0.4 is 5.32 Å². The summed E-state index contributed by atoms with van der Waals surface area (Å²) in [5.74, 6) is -2.15. The quantitative estimate of drug-likeness (QED) is 0.898. The SMILES string of the molecule is CN1CCC(Sc2cccc(NC(=O)c3ccc(F)c(F)c3)n2)CC1. The van der Waals surface area contributed by atoms with Crippen LogP contribution in [0.1, 0.15) is 23.2 Å². The molecule has 1 saturated heterocycles. The molecule has 25 heavy (non-hydrogen) atoms. The average molecular weight is 363 g/mol. The number of nitrogens with zero attached hydrogens (tertiary/aromatic N) is 2. The van der Waals surface area contributed by atoms with E-state index in [0.29, 0.717) is 11.1 Å². The summed E-state index contributed by atoms with van der Waals surface area (Å²) in [7, 11) is 2.12. The molecular weight excluding hydrogens is 344 g/mol. The van der Waals surface area contributed by atoms with Crippen molar-refractivity contribution in [1.29, 1.82) is 0 Å². The first kappa shape index (κ1) is 17.8. The maximum Gasteiger partial charge on any atom is 0.256 e. The molecule has 2 aromatic rings. The number of nitrogens with one attached hydrogen (secondary N) is 1. The van der Waals surface area contributed by atoms with Crippen LogP contribution in [0.3, 0.4) is 0 Å². The fourth-order valence-corrected chi connectivity index (χ4v) is 3.75. The molecule has 2 heterocycles. The minimum absolute atomic E-state index is 0.0501. The fraction of sp³-hybridized carbons (Fsp3) is 0.333. The van der Waals surface area contributed by atoms with Gasteiger partial charge in [-0.3, -0.25) is 4.79 Å². The normalized spacial score (nSPS) is 16.0. The van der Waals surface area contributed by atoms with Gasteiger partial charge in [-0.15, -0.1) is 11.8 Å². The topological polar surface area (TPSA) is 45.2 Å². The largest absolute Gasteiger partial charge is 0.307 e. The standard InChI is InChI=1S/C18H19F2N3OS/c1-23-9-7-13(8-10-23)25-17-4-2-3-16(21-17)22-18(24)12-5-6-14(19)15(20)11-12/h2-6,11,13H,7-10H2,1H3,(H,21,22,24). The third kappa shape index (κ3) is 4.76. The number of carbonyl (C=O) groups excluding carboxylic acids is 1. The lowest BCUT2D eigenvalue weighted by atomic mass is 10.1. The van der Waals surface area contributed by atoms with Gasteiger partial charge in [0.1, 0.15) is 5.82 Å². The number of piperidine rings is 1. The number of amides is 1. The Balaban J connectivity index is 1.64. The van der Waals surface area contributed by atoms with Gasteiger partial charge in [0.15, 0.2) is 11.6 Å². The molecule has 0 aliphatic carbocycles. The van der Waals surface area contributed by atoms with Crippen molar-refractivity contribution in [2.45, 2.75) is 23.1 Å². The van der Waals surface area contributed by atoms with Gasteiger partial charge in [-0.25, -0.2) is 13.8 Å². The highest BCUT2D eigenvalue weighted by atomic mass is 32.2. The maximum atomic E-state index is 13.3. The Kier molecular flexibility index (Phi) is 5.65. The zero-order chi connectivity index (χ0) is 17.8. The van der Waals surface area contributed by atoms with Crippen LogP contribution >= 0.6 is 11.8 Å². The maximum absolute atomic E-state index is 13.3. The predicted molar refractivity (Wildman–Crippen MR) is 94.9 cm³/mol. The molecule has 0 radical (unpaired) electrons. The number of rotatable bonds is 4. The lowest BCUT2D eigenvalue weighted by Crippen LogP contribution is -2.31. The van der Waals surface area contributed by atoms with Crippen molar-refractivity contribution in [2.75, 3.05) is 25.5 Å². The van der Waals surface area contributed by atoms with Gasteiger partial charge in [0, 0.05) is 10.8 Å². The molecule has 132 valence electrons. The van der Waals surface area contributed by atoms with Gasteiger partial charge in [0.2, 0.25) is 0 Å². The van der Waals surface area contributed by atoms with Crippen LogP contribution in [0.2, 0.25) is 0 Å². The van der Waals surface area contributed by atoms with E-state index in [1.165, 1.54) is 6.07 Å². The summed E-state index contributed by atoms with van der Waals surface area (Å²) in [5.41, 5.74) is 0.0501. The molecule has 3 rings (SSSR count). The summed E-state index contributed by atoms with van der Waals surface area (Å²) in [4.78, 5) is 18.9. The zero-order valence-corrected chi connectivity index (χ0v) is 14.7. The molecule has 7 heteroatoms. The van der Waals surface area contributed by atoms with Crippen LogP contribution in [-0.2, 0) is 0 Å². The first-order chi connectivity index (χ1) is 12.0. The van der Waals surface area contributed by atoms with E-state index >= 15 is 0 Å². The lowest BCUT2D eigenvalue weighted by Gasteiger charge is -2.28. The van der Waals surface area contributed by atoms with Crippen molar-refractivity contribution in [3.8, 4) is 0 Å². The zero-order valence-electron chi connectivity index (χ0n) is 13.8. The van der Waals surface area contributed by atoms with Gasteiger partial charge >= 0.3 is 0 Å². The highest BCUT2D eigenvalue weighted by Crippen LogP contribution is 2.29. The second kappa shape index (κ2) is 7.93. The molecule has 1 aromatic heterocycles. The van der Waals surface area contributed by atoms with Crippen LogP contribution in [0, 0.1) is 11.6 Å². The van der Waals surface area contributed by atoms with E-state index in [4.69, 9.17) is 0 Å². The van der Waals surface area contributed by atoms with E-state index in [0.717, 1.165) is 43.1 Å². The van der Waals surface area contributed by atoms with Crippen molar-refractivity contribution >= 4 is 23.5 Å². The summed E-state index contributed by atoms with van der Waals surface area (Å²) < 4.78 is 26.2. The van der Waals surface area contributed by atoms with E-state index in [1.807, 2.05) is 12.1 Å². The fourth-order valence-electron chi connectivity index (χ4n) is 2.65. The first-order valence-electron chi connectivity index (χ1n) is 8.10. The lowest BCUT2D eigenvalue weighted by molar-refractivity contribution is 0.102. The van der Waals surface area contributed by atoms with E-state index in [2.05, 4.69) is 22.2 Å². The van der Waals surface area contributed by atoms with Crippen LogP contribution in [0.25, 0.3) is 0 Å². The monoisotopic (exact) mass is 363 g/mol. The van der Waals surface area contributed by atoms with Crippen molar-refractivity contribution in [3.63, 3.8) is 0 Å². The number of likely N-dealkylation sites (tertiary alicyclic amines) is 1. The van der Waals surface area contributed by atoms with Crippen molar-refractivity contribution in [3.05, 3.63) is 53.6 Å². The first-order valence-corrected chi connectivity index (χ1v) is 8.98. The molecule has 0 bridgehead atoms. The van der Waals surface area contributed by atoms with Gasteiger partial charge in [0.05, 0.1) is 5.03 Å². The average Bonchev–Trinajstić information content (AvgIpc) is 2.59. The molecule has 1 amide bonds. The van der Waals surface area contributed by atoms with Crippen LogP contribution in [0.4, 0.5) is 14.6 Å². The van der Waals surface area contributed by atoms with E-state index in [1.54, 1.807) is 17.8 Å². The van der Waals surface area contributed by atoms with Crippen molar-refractivity contribution in [2.24, 2.45) is 0 Å². The third-order valence-electron chi connectivity index (χ3n) is 4.10. The van der Waals surface area contributed by atoms with Crippen LogP contribution in [0.15, 0.2) is 41.4 Å². The molecule has 4 nitrogen and oxygen atoms in total. The van der Waals surface area contributed by atoms with E-state index in [-0.39, 0.29) is 5.56 Å². The van der Waals surface area contributed by atoms with Crippen molar-refractivity contribution < 1.29 is 13.6 Å². The molecular formula is C18H19F2N3OS. The molecule has 0 saturated carbocycles.